The van der Waals surface area contributed by atoms with E-state index in [1.165, 1.54) is 12.1 Å². The van der Waals surface area contributed by atoms with E-state index in [-0.39, 0.29) is 5.82 Å². The van der Waals surface area contributed by atoms with E-state index in [9.17, 15) is 4.39 Å². The van der Waals surface area contributed by atoms with Gasteiger partial charge in [-0.25, -0.2) is 4.39 Å². The average Bonchev–Trinajstić information content (AvgIpc) is 2.47. The minimum atomic E-state index is -0.305. The molecule has 3 heteroatoms. The monoisotopic (exact) mass is 174 g/mol. The van der Waals surface area contributed by atoms with Crippen LogP contribution in [0.5, 0.6) is 0 Å². The first-order valence-corrected chi connectivity index (χ1v) is 3.89. The summed E-state index contributed by atoms with van der Waals surface area (Å²) >= 11 is 0. The number of fused-ring (bicyclic) bond motifs is 1. The van der Waals surface area contributed by atoms with Crippen LogP contribution >= 0.6 is 0 Å². The minimum absolute atomic E-state index is 0.305. The number of hydrogen-bond donors (Lipinski definition) is 1. The van der Waals surface area contributed by atoms with Crippen molar-refractivity contribution in [3.05, 3.63) is 35.3 Å². The van der Waals surface area contributed by atoms with Crippen LogP contribution in [0.1, 0.15) is 11.1 Å². The summed E-state index contributed by atoms with van der Waals surface area (Å²) in [7, 11) is 0. The number of H-pyrrole nitrogens is 1. The highest BCUT2D eigenvalue weighted by molar-refractivity contribution is 5.88. The molecule has 0 saturated heterocycles. The Morgan fingerprint density at radius 2 is 2.23 bits per heavy atom. The van der Waals surface area contributed by atoms with E-state index in [1.54, 1.807) is 6.20 Å². The van der Waals surface area contributed by atoms with Gasteiger partial charge in [0.1, 0.15) is 11.9 Å². The van der Waals surface area contributed by atoms with Gasteiger partial charge in [-0.3, -0.25) is 0 Å². The maximum absolute atomic E-state index is 13.0. The van der Waals surface area contributed by atoms with Gasteiger partial charge < -0.3 is 4.98 Å². The van der Waals surface area contributed by atoms with Crippen LogP contribution in [0, 0.1) is 24.1 Å². The molecule has 2 aromatic rings. The number of nitrogens with one attached hydrogen (secondary N) is 1. The van der Waals surface area contributed by atoms with Crippen molar-refractivity contribution in [1.82, 2.24) is 4.98 Å². The summed E-state index contributed by atoms with van der Waals surface area (Å²) in [5, 5.41) is 9.37. The molecule has 0 atom stereocenters. The number of aromatic nitrogens is 1. The van der Waals surface area contributed by atoms with Crippen molar-refractivity contribution in [1.29, 1.82) is 5.26 Å². The fourth-order valence-electron chi connectivity index (χ4n) is 1.46. The summed E-state index contributed by atoms with van der Waals surface area (Å²) < 4.78 is 13.0. The normalized spacial score (nSPS) is 10.2. The molecule has 0 bridgehead atoms. The van der Waals surface area contributed by atoms with Gasteiger partial charge in [-0.2, -0.15) is 5.26 Å². The maximum atomic E-state index is 13.0. The number of halogens is 1. The van der Waals surface area contributed by atoms with Gasteiger partial charge in [-0.15, -0.1) is 0 Å². The van der Waals surface area contributed by atoms with Crippen LogP contribution in [-0.4, -0.2) is 4.98 Å². The molecule has 13 heavy (non-hydrogen) atoms. The fourth-order valence-corrected chi connectivity index (χ4v) is 1.46. The highest BCUT2D eigenvalue weighted by Crippen LogP contribution is 2.21. The van der Waals surface area contributed by atoms with Crippen LogP contribution < -0.4 is 0 Å². The van der Waals surface area contributed by atoms with Crippen molar-refractivity contribution < 1.29 is 4.39 Å². The van der Waals surface area contributed by atoms with Gasteiger partial charge in [0.15, 0.2) is 0 Å². The van der Waals surface area contributed by atoms with Crippen LogP contribution in [0.15, 0.2) is 18.3 Å². The molecule has 0 aliphatic rings. The Hall–Kier alpha value is -1.82. The summed E-state index contributed by atoms with van der Waals surface area (Å²) in [6, 6.07) is 4.82. The lowest BCUT2D eigenvalue weighted by Gasteiger charge is -1.96. The Morgan fingerprint density at radius 1 is 1.46 bits per heavy atom. The molecular weight excluding hydrogens is 167 g/mol. The predicted octanol–water partition coefficient (Wildman–Crippen LogP) is 2.49. The first kappa shape index (κ1) is 7.81. The van der Waals surface area contributed by atoms with E-state index >= 15 is 0 Å². The van der Waals surface area contributed by atoms with Crippen LogP contribution in [0.4, 0.5) is 4.39 Å². The molecule has 64 valence electrons. The SMILES string of the molecule is Cc1cc(F)cc2c(C#N)c[nH]c12. The Morgan fingerprint density at radius 3 is 2.92 bits per heavy atom. The molecular formula is C10H7FN2. The van der Waals surface area contributed by atoms with Gasteiger partial charge in [-0.1, -0.05) is 0 Å². The van der Waals surface area contributed by atoms with Gasteiger partial charge >= 0.3 is 0 Å². The van der Waals surface area contributed by atoms with E-state index in [0.29, 0.717) is 10.9 Å². The lowest BCUT2D eigenvalue weighted by Crippen LogP contribution is -1.80. The van der Waals surface area contributed by atoms with Crippen LogP contribution in [0.2, 0.25) is 0 Å². The third-order valence-electron chi connectivity index (χ3n) is 2.07. The standard InChI is InChI=1S/C10H7FN2/c1-6-2-8(11)3-9-7(4-12)5-13-10(6)9/h2-3,5,13H,1H3. The van der Waals surface area contributed by atoms with Crippen LogP contribution in [-0.2, 0) is 0 Å². The van der Waals surface area contributed by atoms with E-state index < -0.39 is 0 Å². The lowest BCUT2D eigenvalue weighted by atomic mass is 10.1. The molecule has 1 N–H and O–H groups in total. The lowest BCUT2D eigenvalue weighted by molar-refractivity contribution is 0.628. The minimum Gasteiger partial charge on any atom is -0.360 e. The first-order valence-electron chi connectivity index (χ1n) is 3.89. The van der Waals surface area contributed by atoms with Crippen LogP contribution in [0.25, 0.3) is 10.9 Å². The summed E-state index contributed by atoms with van der Waals surface area (Å²) in [6.45, 7) is 1.81. The van der Waals surface area contributed by atoms with E-state index in [1.807, 2.05) is 13.0 Å². The maximum Gasteiger partial charge on any atom is 0.124 e. The van der Waals surface area contributed by atoms with E-state index in [0.717, 1.165) is 11.1 Å². The topological polar surface area (TPSA) is 39.6 Å². The Balaban J connectivity index is 2.92. The van der Waals surface area contributed by atoms with Crippen molar-refractivity contribution in [2.24, 2.45) is 0 Å². The summed E-state index contributed by atoms with van der Waals surface area (Å²) in [5.41, 5.74) is 2.13. The molecule has 2 rings (SSSR count). The second-order valence-electron chi connectivity index (χ2n) is 2.96. The Bertz CT molecular complexity index is 505. The van der Waals surface area contributed by atoms with Gasteiger partial charge in [0.2, 0.25) is 0 Å². The number of benzene rings is 1. The molecule has 0 saturated carbocycles. The number of hydrogen-bond acceptors (Lipinski definition) is 1. The zero-order chi connectivity index (χ0) is 9.42. The van der Waals surface area contributed by atoms with Crippen molar-refractivity contribution in [2.45, 2.75) is 6.92 Å². The first-order chi connectivity index (χ1) is 6.22. The molecule has 0 spiro atoms. The van der Waals surface area contributed by atoms with Crippen LogP contribution in [0.3, 0.4) is 0 Å². The third-order valence-corrected chi connectivity index (χ3v) is 2.07. The van der Waals surface area contributed by atoms with Gasteiger partial charge in [0, 0.05) is 17.1 Å². The summed E-state index contributed by atoms with van der Waals surface area (Å²) in [4.78, 5) is 2.95. The fraction of sp³-hybridized carbons (Fsp3) is 0.100. The highest BCUT2D eigenvalue weighted by atomic mass is 19.1. The second kappa shape index (κ2) is 2.60. The molecule has 1 aromatic carbocycles. The number of aromatic amines is 1. The number of nitriles is 1. The zero-order valence-electron chi connectivity index (χ0n) is 7.06. The molecule has 0 fully saturated rings. The van der Waals surface area contributed by atoms with Crippen molar-refractivity contribution in [2.75, 3.05) is 0 Å². The van der Waals surface area contributed by atoms with Crippen molar-refractivity contribution in [3.8, 4) is 6.07 Å². The third kappa shape index (κ3) is 1.07. The summed E-state index contributed by atoms with van der Waals surface area (Å²) in [6.07, 6.45) is 1.59. The molecule has 1 aromatic heterocycles. The predicted molar refractivity (Wildman–Crippen MR) is 47.7 cm³/mol. The van der Waals surface area contributed by atoms with Gasteiger partial charge in [-0.05, 0) is 24.6 Å². The Labute approximate surface area is 74.6 Å². The van der Waals surface area contributed by atoms with Crippen molar-refractivity contribution in [3.63, 3.8) is 0 Å². The Kier molecular flexibility index (Phi) is 1.56. The van der Waals surface area contributed by atoms with Gasteiger partial charge in [0.25, 0.3) is 0 Å². The highest BCUT2D eigenvalue weighted by Gasteiger charge is 2.06. The van der Waals surface area contributed by atoms with E-state index in [4.69, 9.17) is 5.26 Å². The average molecular weight is 174 g/mol. The molecule has 0 amide bonds. The smallest absolute Gasteiger partial charge is 0.124 e. The largest absolute Gasteiger partial charge is 0.360 e. The number of aryl methyl sites for hydroxylation is 1. The molecule has 2 nitrogen and oxygen atoms in total. The number of rotatable bonds is 0. The quantitative estimate of drug-likeness (QED) is 0.654. The molecule has 0 aliphatic carbocycles. The van der Waals surface area contributed by atoms with E-state index in [2.05, 4.69) is 4.98 Å². The molecule has 0 unspecified atom stereocenters. The summed E-state index contributed by atoms with van der Waals surface area (Å²) in [5.74, 6) is -0.305. The number of nitrogens with zero attached hydrogens (tertiary/aromatic N) is 1. The zero-order valence-corrected chi connectivity index (χ0v) is 7.06. The van der Waals surface area contributed by atoms with Gasteiger partial charge in [0.05, 0.1) is 5.56 Å². The molecule has 1 heterocycles. The molecule has 0 radical (unpaired) electrons. The molecule has 0 aliphatic heterocycles. The van der Waals surface area contributed by atoms with Crippen molar-refractivity contribution >= 4 is 10.9 Å². The second-order valence-corrected chi connectivity index (χ2v) is 2.96.